The van der Waals surface area contributed by atoms with E-state index in [0.29, 0.717) is 17.3 Å². The fraction of sp³-hybridized carbons (Fsp3) is 0.185. The van der Waals surface area contributed by atoms with Crippen LogP contribution in [0.25, 0.3) is 11.4 Å². The van der Waals surface area contributed by atoms with Crippen LogP contribution in [0.4, 0.5) is 5.69 Å². The van der Waals surface area contributed by atoms with Gasteiger partial charge in [-0.2, -0.15) is 10.2 Å². The largest absolute Gasteiger partial charge is 0.477 e. The Labute approximate surface area is 203 Å². The number of benzene rings is 2. The summed E-state index contributed by atoms with van der Waals surface area (Å²) in [6, 6.07) is 18.7. The molecule has 0 spiro atoms. The lowest BCUT2D eigenvalue weighted by Gasteiger charge is -2.13. The van der Waals surface area contributed by atoms with E-state index < -0.39 is 0 Å². The molecule has 1 aliphatic rings. The van der Waals surface area contributed by atoms with Gasteiger partial charge in [-0.3, -0.25) is 4.79 Å². The maximum absolute atomic E-state index is 12.7. The molecule has 0 saturated heterocycles. The van der Waals surface area contributed by atoms with Crippen LogP contribution in [0.5, 0.6) is 5.88 Å². The molecule has 0 radical (unpaired) electrons. The van der Waals surface area contributed by atoms with Crippen LogP contribution in [-0.2, 0) is 0 Å². The number of hydrogen-bond donors (Lipinski definition) is 1. The number of hydrogen-bond acceptors (Lipinski definition) is 6. The van der Waals surface area contributed by atoms with E-state index in [0.717, 1.165) is 29.4 Å². The molecule has 1 fully saturated rings. The summed E-state index contributed by atoms with van der Waals surface area (Å²) >= 11 is 0. The quantitative estimate of drug-likeness (QED) is 0.394. The van der Waals surface area contributed by atoms with Gasteiger partial charge < -0.3 is 10.5 Å². The molecule has 1 saturated carbocycles. The predicted octanol–water partition coefficient (Wildman–Crippen LogP) is 4.11. The first-order chi connectivity index (χ1) is 17.1. The van der Waals surface area contributed by atoms with Crippen molar-refractivity contribution in [1.29, 1.82) is 0 Å². The van der Waals surface area contributed by atoms with Gasteiger partial charge in [-0.05, 0) is 73.9 Å². The molecule has 35 heavy (non-hydrogen) atoms. The van der Waals surface area contributed by atoms with E-state index >= 15 is 0 Å². The summed E-state index contributed by atoms with van der Waals surface area (Å²) in [7, 11) is 0. The molecular weight excluding hydrogens is 440 g/mol. The van der Waals surface area contributed by atoms with Crippen LogP contribution >= 0.6 is 0 Å². The Bertz CT molecular complexity index is 1450. The summed E-state index contributed by atoms with van der Waals surface area (Å²) in [5, 5.41) is 9.03. The Hall–Kier alpha value is -4.46. The second kappa shape index (κ2) is 9.80. The number of aryl methyl sites for hydroxylation is 1. The van der Waals surface area contributed by atoms with Crippen molar-refractivity contribution < 1.29 is 4.74 Å². The molecule has 2 aromatic heterocycles. The molecule has 5 rings (SSSR count). The Morgan fingerprint density at radius 1 is 1.17 bits per heavy atom. The van der Waals surface area contributed by atoms with Crippen molar-refractivity contribution in [1.82, 2.24) is 19.6 Å². The lowest BCUT2D eigenvalue weighted by Crippen LogP contribution is -2.20. The Balaban J connectivity index is 1.48. The van der Waals surface area contributed by atoms with Gasteiger partial charge in [0.05, 0.1) is 35.6 Å². The van der Waals surface area contributed by atoms with Gasteiger partial charge in [0, 0.05) is 18.3 Å². The topological polar surface area (TPSA) is 100 Å². The molecule has 4 aromatic rings. The number of aromatic nitrogens is 4. The number of rotatable bonds is 8. The van der Waals surface area contributed by atoms with E-state index in [4.69, 9.17) is 10.5 Å². The number of nitrogens with two attached hydrogens (primary N) is 1. The fourth-order valence-corrected chi connectivity index (χ4v) is 3.73. The van der Waals surface area contributed by atoms with Crippen molar-refractivity contribution in [2.24, 2.45) is 16.6 Å². The number of para-hydroxylation sites is 1. The molecular formula is C27H26N6O2. The van der Waals surface area contributed by atoms with Crippen LogP contribution < -0.4 is 15.9 Å². The van der Waals surface area contributed by atoms with Gasteiger partial charge in [-0.25, -0.2) is 14.4 Å². The van der Waals surface area contributed by atoms with E-state index in [1.807, 2.05) is 61.5 Å². The minimum atomic E-state index is -0.239. The summed E-state index contributed by atoms with van der Waals surface area (Å²) in [6.07, 6.45) is 8.78. The molecule has 2 heterocycles. The third kappa shape index (κ3) is 5.06. The van der Waals surface area contributed by atoms with E-state index in [-0.39, 0.29) is 11.1 Å². The summed E-state index contributed by atoms with van der Waals surface area (Å²) in [4.78, 5) is 17.3. The zero-order valence-electron chi connectivity index (χ0n) is 19.4. The van der Waals surface area contributed by atoms with Crippen molar-refractivity contribution in [3.05, 3.63) is 107 Å². The molecule has 2 N–H and O–H groups in total. The van der Waals surface area contributed by atoms with Gasteiger partial charge in [0.15, 0.2) is 5.69 Å². The van der Waals surface area contributed by atoms with E-state index in [1.165, 1.54) is 25.1 Å². The molecule has 176 valence electrons. The smallest absolute Gasteiger partial charge is 0.216 e. The zero-order valence-corrected chi connectivity index (χ0v) is 19.4. The molecule has 0 bridgehead atoms. The molecule has 8 heteroatoms. The summed E-state index contributed by atoms with van der Waals surface area (Å²) in [6.45, 7) is 2.71. The van der Waals surface area contributed by atoms with Crippen LogP contribution in [0.2, 0.25) is 0 Å². The van der Waals surface area contributed by atoms with Crippen molar-refractivity contribution in [3.63, 3.8) is 0 Å². The highest BCUT2D eigenvalue weighted by Gasteiger charge is 2.22. The van der Waals surface area contributed by atoms with Crippen LogP contribution in [0.1, 0.15) is 24.1 Å². The second-order valence-corrected chi connectivity index (χ2v) is 8.47. The molecule has 2 aromatic carbocycles. The number of aliphatic imine (C=N–C) groups is 1. The molecule has 0 aliphatic heterocycles. The van der Waals surface area contributed by atoms with Crippen LogP contribution in [0, 0.1) is 12.8 Å². The van der Waals surface area contributed by atoms with Gasteiger partial charge in [0.1, 0.15) is 0 Å². The second-order valence-electron chi connectivity index (χ2n) is 8.47. The first-order valence-electron chi connectivity index (χ1n) is 11.5. The van der Waals surface area contributed by atoms with Gasteiger partial charge in [0.25, 0.3) is 0 Å². The third-order valence-electron chi connectivity index (χ3n) is 5.75. The summed E-state index contributed by atoms with van der Waals surface area (Å²) in [5.74, 6) is 1.38. The molecule has 8 nitrogen and oxygen atoms in total. The molecule has 0 atom stereocenters. The average Bonchev–Trinajstić information content (AvgIpc) is 3.58. The molecule has 0 amide bonds. The van der Waals surface area contributed by atoms with Crippen LogP contribution in [-0.4, -0.2) is 31.9 Å². The van der Waals surface area contributed by atoms with E-state index in [9.17, 15) is 4.79 Å². The van der Waals surface area contributed by atoms with Crippen molar-refractivity contribution >= 4 is 11.4 Å². The van der Waals surface area contributed by atoms with Gasteiger partial charge in [0.2, 0.25) is 11.3 Å². The third-order valence-corrected chi connectivity index (χ3v) is 5.75. The maximum Gasteiger partial charge on any atom is 0.216 e. The number of ether oxygens (including phenoxy) is 1. The van der Waals surface area contributed by atoms with Gasteiger partial charge in [-0.15, -0.1) is 0 Å². The Morgan fingerprint density at radius 3 is 2.74 bits per heavy atom. The van der Waals surface area contributed by atoms with Crippen molar-refractivity contribution in [3.8, 4) is 17.3 Å². The lowest BCUT2D eigenvalue weighted by molar-refractivity contribution is 0.280. The van der Waals surface area contributed by atoms with Crippen LogP contribution in [0.3, 0.4) is 0 Å². The monoisotopic (exact) mass is 466 g/mol. The fourth-order valence-electron chi connectivity index (χ4n) is 3.73. The van der Waals surface area contributed by atoms with Gasteiger partial charge in [-0.1, -0.05) is 18.2 Å². The minimum Gasteiger partial charge on any atom is -0.477 e. The zero-order chi connectivity index (χ0) is 24.2. The number of nitrogens with zero attached hydrogens (tertiary/aromatic N) is 5. The van der Waals surface area contributed by atoms with E-state index in [1.54, 1.807) is 27.8 Å². The lowest BCUT2D eigenvalue weighted by atomic mass is 10.1. The van der Waals surface area contributed by atoms with Crippen molar-refractivity contribution in [2.45, 2.75) is 19.8 Å². The Morgan fingerprint density at radius 2 is 2.00 bits per heavy atom. The van der Waals surface area contributed by atoms with Crippen molar-refractivity contribution in [2.75, 3.05) is 6.61 Å². The molecule has 0 unspecified atom stereocenters. The highest BCUT2D eigenvalue weighted by atomic mass is 16.5. The SMILES string of the molecule is Cc1cc(-n2nccc2OCC2CC2)ccc1-n1ccc(=O)c(C(C=CN)=Nc2ccccc2)n1. The van der Waals surface area contributed by atoms with E-state index in [2.05, 4.69) is 15.2 Å². The summed E-state index contributed by atoms with van der Waals surface area (Å²) < 4.78 is 9.42. The van der Waals surface area contributed by atoms with Crippen LogP contribution in [0.15, 0.2) is 95.1 Å². The highest BCUT2D eigenvalue weighted by molar-refractivity contribution is 6.08. The molecule has 1 aliphatic carbocycles. The first kappa shape index (κ1) is 22.3. The summed E-state index contributed by atoms with van der Waals surface area (Å²) in [5.41, 5.74) is 9.40. The highest BCUT2D eigenvalue weighted by Crippen LogP contribution is 2.30. The normalized spacial score (nSPS) is 13.9. The number of allylic oxidation sites excluding steroid dienone is 1. The van der Waals surface area contributed by atoms with Gasteiger partial charge >= 0.3 is 0 Å². The predicted molar refractivity (Wildman–Crippen MR) is 136 cm³/mol. The Kier molecular flexibility index (Phi) is 6.26. The average molecular weight is 467 g/mol. The standard InChI is InChI=1S/C27H26N6O2/c1-19-17-22(33-26(12-15-29-33)35-18-20-7-8-20)9-10-24(19)32-16-13-25(34)27(31-32)23(11-14-28)30-21-5-3-2-4-6-21/h2-6,9-17,20H,7-8,18,28H2,1H3. The first-order valence-corrected chi connectivity index (χ1v) is 11.5. The minimum absolute atomic E-state index is 0.212. The maximum atomic E-state index is 12.7.